The monoisotopic (exact) mass is 355 g/mol. The minimum absolute atomic E-state index is 0.0914. The van der Waals surface area contributed by atoms with Crippen molar-refractivity contribution in [1.82, 2.24) is 0 Å². The van der Waals surface area contributed by atoms with Gasteiger partial charge in [-0.1, -0.05) is 17.7 Å². The fourth-order valence-electron chi connectivity index (χ4n) is 2.80. The molecule has 0 unspecified atom stereocenters. The Morgan fingerprint density at radius 2 is 1.67 bits per heavy atom. The van der Waals surface area contributed by atoms with E-state index in [9.17, 15) is 13.2 Å². The second kappa shape index (κ2) is 7.34. The summed E-state index contributed by atoms with van der Waals surface area (Å²) in [7, 11) is 0. The van der Waals surface area contributed by atoms with Crippen molar-refractivity contribution in [2.75, 3.05) is 18.0 Å². The first kappa shape index (κ1) is 17.0. The van der Waals surface area contributed by atoms with Crippen LogP contribution in [0.15, 0.2) is 30.3 Å². The van der Waals surface area contributed by atoms with Crippen molar-refractivity contribution < 1.29 is 17.9 Å². The maximum Gasteiger partial charge on any atom is 0.168 e. The Hall–Kier alpha value is -1.88. The molecule has 1 fully saturated rings. The Kier molecular flexibility index (Phi) is 5.19. The van der Waals surface area contributed by atoms with Gasteiger partial charge >= 0.3 is 0 Å². The van der Waals surface area contributed by atoms with E-state index < -0.39 is 17.5 Å². The van der Waals surface area contributed by atoms with Crippen LogP contribution in [0.25, 0.3) is 0 Å². The minimum Gasteiger partial charge on any atom is -0.486 e. The lowest BCUT2D eigenvalue weighted by molar-refractivity contribution is 0.284. The lowest BCUT2D eigenvalue weighted by Crippen LogP contribution is -2.30. The van der Waals surface area contributed by atoms with Crippen LogP contribution < -0.4 is 9.64 Å². The molecule has 2 aromatic carbocycles. The molecule has 0 amide bonds. The van der Waals surface area contributed by atoms with Crippen molar-refractivity contribution in [2.24, 2.45) is 0 Å². The molecule has 0 spiro atoms. The third-order valence-corrected chi connectivity index (χ3v) is 4.33. The van der Waals surface area contributed by atoms with Crippen LogP contribution >= 0.6 is 11.6 Å². The topological polar surface area (TPSA) is 12.5 Å². The largest absolute Gasteiger partial charge is 0.486 e. The highest BCUT2D eigenvalue weighted by Crippen LogP contribution is 2.30. The molecule has 1 heterocycles. The molecule has 1 saturated heterocycles. The molecular weight excluding hydrogens is 339 g/mol. The summed E-state index contributed by atoms with van der Waals surface area (Å²) in [4.78, 5) is 1.88. The van der Waals surface area contributed by atoms with Crippen LogP contribution in [0.2, 0.25) is 5.02 Å². The maximum atomic E-state index is 14.1. The van der Waals surface area contributed by atoms with Gasteiger partial charge in [0.2, 0.25) is 0 Å². The van der Waals surface area contributed by atoms with Gasteiger partial charge in [0.1, 0.15) is 18.2 Å². The van der Waals surface area contributed by atoms with E-state index in [-0.39, 0.29) is 22.9 Å². The van der Waals surface area contributed by atoms with Gasteiger partial charge in [0.15, 0.2) is 11.6 Å². The van der Waals surface area contributed by atoms with Crippen LogP contribution in [-0.2, 0) is 6.61 Å². The zero-order valence-electron chi connectivity index (χ0n) is 13.0. The van der Waals surface area contributed by atoms with Gasteiger partial charge in [-0.05, 0) is 31.4 Å². The van der Waals surface area contributed by atoms with Gasteiger partial charge < -0.3 is 9.64 Å². The molecule has 2 aromatic rings. The summed E-state index contributed by atoms with van der Waals surface area (Å²) in [5.41, 5.74) is 0.574. The molecule has 0 saturated carbocycles. The van der Waals surface area contributed by atoms with Crippen molar-refractivity contribution in [3.05, 3.63) is 58.4 Å². The average molecular weight is 356 g/mol. The summed E-state index contributed by atoms with van der Waals surface area (Å²) in [6, 6.07) is 6.34. The highest BCUT2D eigenvalue weighted by molar-refractivity contribution is 6.30. The van der Waals surface area contributed by atoms with Crippen molar-refractivity contribution in [3.8, 4) is 5.75 Å². The van der Waals surface area contributed by atoms with Crippen molar-refractivity contribution in [2.45, 2.75) is 25.9 Å². The van der Waals surface area contributed by atoms with E-state index in [0.717, 1.165) is 38.4 Å². The van der Waals surface area contributed by atoms with Crippen molar-refractivity contribution in [1.29, 1.82) is 0 Å². The molecule has 0 bridgehead atoms. The smallest absolute Gasteiger partial charge is 0.168 e. The molecule has 0 N–H and O–H groups in total. The van der Waals surface area contributed by atoms with Crippen LogP contribution in [0.3, 0.4) is 0 Å². The first-order valence-corrected chi connectivity index (χ1v) is 8.23. The molecule has 1 aliphatic rings. The van der Waals surface area contributed by atoms with Crippen LogP contribution in [0, 0.1) is 17.5 Å². The van der Waals surface area contributed by atoms with E-state index >= 15 is 0 Å². The van der Waals surface area contributed by atoms with Crippen molar-refractivity contribution in [3.63, 3.8) is 0 Å². The van der Waals surface area contributed by atoms with Crippen molar-refractivity contribution >= 4 is 17.3 Å². The predicted molar refractivity (Wildman–Crippen MR) is 88.2 cm³/mol. The quantitative estimate of drug-likeness (QED) is 0.735. The first-order valence-electron chi connectivity index (χ1n) is 7.85. The molecule has 1 aliphatic heterocycles. The van der Waals surface area contributed by atoms with Crippen LogP contribution in [0.1, 0.15) is 24.8 Å². The lowest BCUT2D eigenvalue weighted by atomic mass is 10.1. The van der Waals surface area contributed by atoms with Crippen LogP contribution in [0.5, 0.6) is 5.75 Å². The highest BCUT2D eigenvalue weighted by Gasteiger charge is 2.18. The molecule has 0 atom stereocenters. The molecule has 0 aromatic heterocycles. The Balaban J connectivity index is 1.79. The van der Waals surface area contributed by atoms with Gasteiger partial charge in [-0.3, -0.25) is 0 Å². The van der Waals surface area contributed by atoms with Gasteiger partial charge in [0.25, 0.3) is 0 Å². The Morgan fingerprint density at radius 3 is 2.38 bits per heavy atom. The number of benzene rings is 2. The second-order valence-corrected chi connectivity index (χ2v) is 6.24. The van der Waals surface area contributed by atoms with E-state index in [2.05, 4.69) is 0 Å². The molecule has 6 heteroatoms. The number of anilines is 1. The Morgan fingerprint density at radius 1 is 0.917 bits per heavy atom. The Labute approximate surface area is 143 Å². The standard InChI is InChI=1S/C18H17ClF3NO/c19-13-5-4-12(14(20)8-13)11-24-18-10-17(15(21)9-16(18)22)23-6-2-1-3-7-23/h4-5,8-10H,1-3,6-7,11H2. The van der Waals surface area contributed by atoms with E-state index in [0.29, 0.717) is 5.69 Å². The average Bonchev–Trinajstić information content (AvgIpc) is 2.56. The number of rotatable bonds is 4. The number of hydrogen-bond acceptors (Lipinski definition) is 2. The molecule has 128 valence electrons. The molecular formula is C18H17ClF3NO. The molecule has 0 radical (unpaired) electrons. The zero-order valence-corrected chi connectivity index (χ0v) is 13.8. The fraction of sp³-hybridized carbons (Fsp3) is 0.333. The van der Waals surface area contributed by atoms with E-state index in [4.69, 9.17) is 16.3 Å². The highest BCUT2D eigenvalue weighted by atomic mass is 35.5. The number of halogens is 4. The SMILES string of the molecule is Fc1cc(Cl)ccc1COc1cc(N2CCCCC2)c(F)cc1F. The maximum absolute atomic E-state index is 14.1. The molecule has 2 nitrogen and oxygen atoms in total. The second-order valence-electron chi connectivity index (χ2n) is 5.81. The minimum atomic E-state index is -0.803. The number of piperidine rings is 1. The number of nitrogens with zero attached hydrogens (tertiary/aromatic N) is 1. The van der Waals surface area contributed by atoms with E-state index in [1.54, 1.807) is 0 Å². The summed E-state index contributed by atoms with van der Waals surface area (Å²) < 4.78 is 47.2. The van der Waals surface area contributed by atoms with Gasteiger partial charge in [0.05, 0.1) is 5.69 Å². The molecule has 24 heavy (non-hydrogen) atoms. The van der Waals surface area contributed by atoms with Crippen LogP contribution in [0.4, 0.5) is 18.9 Å². The van der Waals surface area contributed by atoms with Crippen LogP contribution in [-0.4, -0.2) is 13.1 Å². The Bertz CT molecular complexity index is 732. The summed E-state index contributed by atoms with van der Waals surface area (Å²) in [5, 5.41) is 0.275. The summed E-state index contributed by atoms with van der Waals surface area (Å²) in [5.74, 6) is -2.03. The molecule has 3 rings (SSSR count). The van der Waals surface area contributed by atoms with Gasteiger partial charge in [-0.2, -0.15) is 0 Å². The zero-order chi connectivity index (χ0) is 17.1. The van der Waals surface area contributed by atoms with Gasteiger partial charge in [0, 0.05) is 35.8 Å². The van der Waals surface area contributed by atoms with Gasteiger partial charge in [-0.15, -0.1) is 0 Å². The predicted octanol–water partition coefficient (Wildman–Crippen LogP) is 5.33. The third kappa shape index (κ3) is 3.78. The lowest BCUT2D eigenvalue weighted by Gasteiger charge is -2.29. The summed E-state index contributed by atoms with van der Waals surface area (Å²) in [6.07, 6.45) is 3.06. The fourth-order valence-corrected chi connectivity index (χ4v) is 2.96. The van der Waals surface area contributed by atoms with E-state index in [1.807, 2.05) is 4.90 Å². The van der Waals surface area contributed by atoms with Gasteiger partial charge in [-0.25, -0.2) is 13.2 Å². The number of ether oxygens (including phenoxy) is 1. The van der Waals surface area contributed by atoms with E-state index in [1.165, 1.54) is 24.3 Å². The number of hydrogen-bond donors (Lipinski definition) is 0. The normalized spacial score (nSPS) is 14.8. The third-order valence-electron chi connectivity index (χ3n) is 4.10. The first-order chi connectivity index (χ1) is 11.5. The summed E-state index contributed by atoms with van der Waals surface area (Å²) in [6.45, 7) is 1.30. The molecule has 0 aliphatic carbocycles. The summed E-state index contributed by atoms with van der Waals surface area (Å²) >= 11 is 5.70.